The molecule has 2 bridgehead atoms. The molecule has 51 heavy (non-hydrogen) atoms. The first-order valence-corrected chi connectivity index (χ1v) is 18.7. The molecule has 262 valence electrons. The molecule has 6 heteroatoms. The van der Waals surface area contributed by atoms with Crippen LogP contribution in [0.2, 0.25) is 0 Å². The predicted molar refractivity (Wildman–Crippen MR) is 199 cm³/mol. The first-order valence-electron chi connectivity index (χ1n) is 18.7. The molecule has 0 aromatic heterocycles. The summed E-state index contributed by atoms with van der Waals surface area (Å²) in [7, 11) is 1.67. The standard InChI is InChI=1S/C45H48N2O4/c1-29-19-24-36-38(27-29)50-43(46(44(36,2)3)28-30-13-7-5-8-14-30)35-18-12-11-17-34(35)41-45-26-25-37(51-45)39(31-15-9-6-10-16-31)40(45)42(48)47(41)32-20-22-33(49-4)23-21-32/h5-18,20-23,25-26,29,36-41,43H,19,24,27-28H2,1-4H3/t29-,36-,37+,38-,39-,40-,41+,43+,45-/m1/s1. The van der Waals surface area contributed by atoms with Gasteiger partial charge in [0.15, 0.2) is 0 Å². The van der Waals surface area contributed by atoms with Gasteiger partial charge in [-0.1, -0.05) is 110 Å². The minimum absolute atomic E-state index is 0.0782. The van der Waals surface area contributed by atoms with Crippen molar-refractivity contribution in [2.75, 3.05) is 12.0 Å². The van der Waals surface area contributed by atoms with Crippen LogP contribution in [-0.4, -0.2) is 41.3 Å². The van der Waals surface area contributed by atoms with Gasteiger partial charge in [-0.3, -0.25) is 9.69 Å². The Morgan fingerprint density at radius 2 is 1.53 bits per heavy atom. The zero-order valence-electron chi connectivity index (χ0n) is 30.0. The number of ether oxygens (including phenoxy) is 3. The van der Waals surface area contributed by atoms with Crippen LogP contribution in [0.1, 0.15) is 80.5 Å². The van der Waals surface area contributed by atoms with E-state index in [1.807, 2.05) is 35.2 Å². The third-order valence-corrected chi connectivity index (χ3v) is 12.9. The van der Waals surface area contributed by atoms with Crippen LogP contribution in [0.25, 0.3) is 0 Å². The lowest BCUT2D eigenvalue weighted by Crippen LogP contribution is -2.61. The van der Waals surface area contributed by atoms with Crippen molar-refractivity contribution in [3.05, 3.63) is 144 Å². The smallest absolute Gasteiger partial charge is 0.234 e. The van der Waals surface area contributed by atoms with E-state index in [2.05, 4.69) is 117 Å². The van der Waals surface area contributed by atoms with Gasteiger partial charge in [0.25, 0.3) is 0 Å². The molecule has 1 saturated carbocycles. The SMILES string of the molecule is COc1ccc(N2C(=O)[C@H]3[C@H](c4ccccc4)[C@@H]4C=C[C@]3(O4)[C@@H]2c2ccccc2[C@@H]2O[C@@H]3C[C@H](C)CC[C@H]3C(C)(C)N2Cc2ccccc2)cc1. The number of hydrogen-bond donors (Lipinski definition) is 0. The van der Waals surface area contributed by atoms with Crippen molar-refractivity contribution in [3.63, 3.8) is 0 Å². The summed E-state index contributed by atoms with van der Waals surface area (Å²) in [5, 5.41) is 0. The number of fused-ring (bicyclic) bond motifs is 2. The van der Waals surface area contributed by atoms with Gasteiger partial charge >= 0.3 is 0 Å². The number of hydrogen-bond acceptors (Lipinski definition) is 5. The zero-order chi connectivity index (χ0) is 34.9. The molecule has 4 aromatic rings. The molecular formula is C45H48N2O4. The fourth-order valence-electron chi connectivity index (χ4n) is 10.3. The highest BCUT2D eigenvalue weighted by molar-refractivity contribution is 6.02. The predicted octanol–water partition coefficient (Wildman–Crippen LogP) is 9.00. The minimum Gasteiger partial charge on any atom is -0.497 e. The topological polar surface area (TPSA) is 51.2 Å². The summed E-state index contributed by atoms with van der Waals surface area (Å²) in [6, 6.07) is 37.4. The Morgan fingerprint density at radius 1 is 0.843 bits per heavy atom. The number of nitrogens with zero attached hydrogens (tertiary/aromatic N) is 2. The van der Waals surface area contributed by atoms with E-state index >= 15 is 4.79 Å². The fraction of sp³-hybridized carbons (Fsp3) is 0.400. The Morgan fingerprint density at radius 3 is 2.25 bits per heavy atom. The second-order valence-corrected chi connectivity index (χ2v) is 16.0. The second kappa shape index (κ2) is 12.5. The van der Waals surface area contributed by atoms with Crippen LogP contribution in [-0.2, 0) is 20.8 Å². The molecule has 1 spiro atoms. The number of carbonyl (C=O) groups excluding carboxylic acids is 1. The largest absolute Gasteiger partial charge is 0.497 e. The lowest BCUT2D eigenvalue weighted by molar-refractivity contribution is -0.241. The summed E-state index contributed by atoms with van der Waals surface area (Å²) >= 11 is 0. The van der Waals surface area contributed by atoms with Crippen molar-refractivity contribution in [3.8, 4) is 5.75 Å². The normalized spacial score (nSPS) is 33.6. The highest BCUT2D eigenvalue weighted by atomic mass is 16.5. The van der Waals surface area contributed by atoms with E-state index in [1.54, 1.807) is 7.11 Å². The number of benzene rings is 4. The molecule has 0 unspecified atom stereocenters. The molecule has 4 fully saturated rings. The zero-order valence-corrected chi connectivity index (χ0v) is 30.0. The fourth-order valence-corrected chi connectivity index (χ4v) is 10.3. The van der Waals surface area contributed by atoms with Gasteiger partial charge in [0, 0.05) is 35.2 Å². The van der Waals surface area contributed by atoms with E-state index in [-0.39, 0.29) is 41.7 Å². The Kier molecular flexibility index (Phi) is 7.99. The summed E-state index contributed by atoms with van der Waals surface area (Å²) < 4.78 is 20.1. The minimum atomic E-state index is -0.839. The molecule has 5 aliphatic rings. The Hall–Kier alpha value is -4.23. The molecular weight excluding hydrogens is 633 g/mol. The van der Waals surface area contributed by atoms with Crippen molar-refractivity contribution in [1.29, 1.82) is 0 Å². The lowest BCUT2D eigenvalue weighted by atomic mass is 9.69. The van der Waals surface area contributed by atoms with Crippen LogP contribution in [0.4, 0.5) is 5.69 Å². The van der Waals surface area contributed by atoms with Gasteiger partial charge in [-0.15, -0.1) is 0 Å². The molecule has 4 aromatic carbocycles. The average Bonchev–Trinajstić information content (AvgIpc) is 3.81. The maximum Gasteiger partial charge on any atom is 0.234 e. The maximum atomic E-state index is 15.2. The molecule has 3 saturated heterocycles. The summed E-state index contributed by atoms with van der Waals surface area (Å²) in [6.07, 6.45) is 7.53. The number of anilines is 1. The van der Waals surface area contributed by atoms with Crippen LogP contribution >= 0.6 is 0 Å². The summed E-state index contributed by atoms with van der Waals surface area (Å²) in [5.74, 6) is 1.45. The quantitative estimate of drug-likeness (QED) is 0.183. The summed E-state index contributed by atoms with van der Waals surface area (Å²) in [6.45, 7) is 7.98. The number of amides is 1. The second-order valence-electron chi connectivity index (χ2n) is 16.0. The molecule has 9 rings (SSSR count). The van der Waals surface area contributed by atoms with Crippen molar-refractivity contribution in [1.82, 2.24) is 4.90 Å². The molecule has 4 heterocycles. The van der Waals surface area contributed by atoms with Gasteiger partial charge in [0.1, 0.15) is 17.6 Å². The number of carbonyl (C=O) groups is 1. The van der Waals surface area contributed by atoms with Crippen molar-refractivity contribution in [2.45, 2.75) is 88.1 Å². The van der Waals surface area contributed by atoms with Crippen molar-refractivity contribution < 1.29 is 19.0 Å². The van der Waals surface area contributed by atoms with E-state index in [9.17, 15) is 0 Å². The van der Waals surface area contributed by atoms with Crippen molar-refractivity contribution >= 4 is 11.6 Å². The van der Waals surface area contributed by atoms with Gasteiger partial charge in [-0.2, -0.15) is 0 Å². The molecule has 0 N–H and O–H groups in total. The van der Waals surface area contributed by atoms with Crippen LogP contribution in [0.5, 0.6) is 5.75 Å². The van der Waals surface area contributed by atoms with Crippen LogP contribution in [0.3, 0.4) is 0 Å². The Bertz CT molecular complexity index is 1930. The van der Waals surface area contributed by atoms with Crippen LogP contribution in [0.15, 0.2) is 121 Å². The van der Waals surface area contributed by atoms with Crippen LogP contribution in [0, 0.1) is 17.8 Å². The number of rotatable bonds is 7. The van der Waals surface area contributed by atoms with Gasteiger partial charge in [0.05, 0.1) is 31.3 Å². The van der Waals surface area contributed by atoms with Gasteiger partial charge in [-0.25, -0.2) is 0 Å². The van der Waals surface area contributed by atoms with E-state index in [4.69, 9.17) is 14.2 Å². The van der Waals surface area contributed by atoms with E-state index in [1.165, 1.54) is 12.0 Å². The molecule has 9 atom stereocenters. The molecule has 6 nitrogen and oxygen atoms in total. The Balaban J connectivity index is 1.21. The van der Waals surface area contributed by atoms with Crippen molar-refractivity contribution in [2.24, 2.45) is 17.8 Å². The Labute approximate surface area is 302 Å². The third-order valence-electron chi connectivity index (χ3n) is 12.9. The highest BCUT2D eigenvalue weighted by Crippen LogP contribution is 2.64. The molecule has 1 amide bonds. The van der Waals surface area contributed by atoms with Crippen LogP contribution < -0.4 is 9.64 Å². The summed E-state index contributed by atoms with van der Waals surface area (Å²) in [5.41, 5.74) is 4.45. The molecule has 1 aliphatic carbocycles. The van der Waals surface area contributed by atoms with E-state index in [0.717, 1.165) is 47.5 Å². The summed E-state index contributed by atoms with van der Waals surface area (Å²) in [4.78, 5) is 19.8. The third kappa shape index (κ3) is 5.13. The first-order chi connectivity index (χ1) is 24.8. The van der Waals surface area contributed by atoms with E-state index < -0.39 is 11.6 Å². The van der Waals surface area contributed by atoms with Gasteiger partial charge < -0.3 is 19.1 Å². The molecule has 4 aliphatic heterocycles. The van der Waals surface area contributed by atoms with E-state index in [0.29, 0.717) is 11.8 Å². The lowest BCUT2D eigenvalue weighted by Gasteiger charge is -2.58. The van der Waals surface area contributed by atoms with Gasteiger partial charge in [0.2, 0.25) is 5.91 Å². The van der Waals surface area contributed by atoms with Gasteiger partial charge in [-0.05, 0) is 73.6 Å². The highest BCUT2D eigenvalue weighted by Gasteiger charge is 2.70. The maximum absolute atomic E-state index is 15.2. The first kappa shape index (κ1) is 32.7. The molecule has 0 radical (unpaired) electrons. The number of methoxy groups -OCH3 is 1. The monoisotopic (exact) mass is 680 g/mol. The average molecular weight is 681 g/mol.